The molecule has 0 aliphatic heterocycles. The summed E-state index contributed by atoms with van der Waals surface area (Å²) >= 11 is 1.35. The van der Waals surface area contributed by atoms with Crippen LogP contribution in [0.1, 0.15) is 19.4 Å². The highest BCUT2D eigenvalue weighted by Gasteiger charge is 2.16. The first-order chi connectivity index (χ1) is 12.0. The molecule has 0 atom stereocenters. The van der Waals surface area contributed by atoms with Gasteiger partial charge in [-0.2, -0.15) is 8.42 Å². The van der Waals surface area contributed by atoms with Crippen LogP contribution in [-0.2, 0) is 16.6 Å². The van der Waals surface area contributed by atoms with Gasteiger partial charge in [0, 0.05) is 6.54 Å². The lowest BCUT2D eigenvalue weighted by Gasteiger charge is -2.07. The first kappa shape index (κ1) is 17.7. The number of thiazole rings is 1. The number of ether oxygens (including phenoxy) is 1. The van der Waals surface area contributed by atoms with Crippen LogP contribution in [0, 0.1) is 6.92 Å². The number of nitrogens with zero attached hydrogens (tertiary/aromatic N) is 2. The smallest absolute Gasteiger partial charge is 0.285 e. The monoisotopic (exact) mass is 376 g/mol. The average Bonchev–Trinajstić information content (AvgIpc) is 2.92. The summed E-state index contributed by atoms with van der Waals surface area (Å²) in [5.41, 5.74) is 1.89. The van der Waals surface area contributed by atoms with E-state index in [1.54, 1.807) is 24.3 Å². The molecule has 0 unspecified atom stereocenters. The molecular weight excluding hydrogens is 356 g/mol. The maximum absolute atomic E-state index is 12.7. The van der Waals surface area contributed by atoms with E-state index in [0.29, 0.717) is 18.0 Å². The zero-order valence-electron chi connectivity index (χ0n) is 14.4. The first-order valence-electron chi connectivity index (χ1n) is 8.09. The second kappa shape index (κ2) is 7.01. The summed E-state index contributed by atoms with van der Waals surface area (Å²) in [5.74, 6) is 0.743. The fourth-order valence-electron chi connectivity index (χ4n) is 2.60. The normalized spacial score (nSPS) is 12.7. The molecule has 25 heavy (non-hydrogen) atoms. The van der Waals surface area contributed by atoms with E-state index >= 15 is 0 Å². The Bertz CT molecular complexity index is 1060. The van der Waals surface area contributed by atoms with Gasteiger partial charge in [-0.25, -0.2) is 0 Å². The molecule has 0 N–H and O–H groups in total. The molecule has 5 nitrogen and oxygen atoms in total. The summed E-state index contributed by atoms with van der Waals surface area (Å²) in [7, 11) is -3.76. The van der Waals surface area contributed by atoms with Crippen molar-refractivity contribution in [3.05, 3.63) is 52.8 Å². The van der Waals surface area contributed by atoms with Gasteiger partial charge in [0.1, 0.15) is 11.3 Å². The molecule has 132 valence electrons. The number of hydrogen-bond donors (Lipinski definition) is 0. The Hall–Kier alpha value is -2.12. The molecule has 1 heterocycles. The van der Waals surface area contributed by atoms with Crippen molar-refractivity contribution in [2.45, 2.75) is 32.2 Å². The van der Waals surface area contributed by atoms with Gasteiger partial charge in [0.15, 0.2) is 0 Å². The van der Waals surface area contributed by atoms with Crippen LogP contribution in [0.2, 0.25) is 0 Å². The number of hydrogen-bond acceptors (Lipinski definition) is 4. The number of benzene rings is 2. The van der Waals surface area contributed by atoms with E-state index in [9.17, 15) is 8.42 Å². The van der Waals surface area contributed by atoms with E-state index < -0.39 is 10.0 Å². The highest BCUT2D eigenvalue weighted by Crippen LogP contribution is 2.28. The van der Waals surface area contributed by atoms with Gasteiger partial charge in [0.05, 0.1) is 16.2 Å². The van der Waals surface area contributed by atoms with Crippen LogP contribution in [0.15, 0.2) is 51.8 Å². The van der Waals surface area contributed by atoms with Gasteiger partial charge in [-0.3, -0.25) is 0 Å². The molecule has 3 rings (SSSR count). The molecule has 0 aliphatic rings. The van der Waals surface area contributed by atoms with Crippen molar-refractivity contribution < 1.29 is 13.2 Å². The van der Waals surface area contributed by atoms with Crippen LogP contribution in [-0.4, -0.2) is 19.6 Å². The van der Waals surface area contributed by atoms with Gasteiger partial charge in [-0.1, -0.05) is 35.1 Å². The minimum Gasteiger partial charge on any atom is -0.492 e. The summed E-state index contributed by atoms with van der Waals surface area (Å²) in [6, 6.07) is 12.5. The lowest BCUT2D eigenvalue weighted by atomic mass is 10.2. The zero-order valence-corrected chi connectivity index (χ0v) is 16.0. The molecule has 7 heteroatoms. The Morgan fingerprint density at radius 1 is 1.12 bits per heavy atom. The van der Waals surface area contributed by atoms with Crippen LogP contribution in [0.25, 0.3) is 10.2 Å². The Morgan fingerprint density at radius 3 is 2.48 bits per heavy atom. The molecule has 2 aromatic carbocycles. The summed E-state index contributed by atoms with van der Waals surface area (Å²) in [6.45, 7) is 6.96. The summed E-state index contributed by atoms with van der Waals surface area (Å²) in [4.78, 5) is 0.647. The van der Waals surface area contributed by atoms with E-state index in [2.05, 4.69) is 4.40 Å². The standard InChI is InChI=1S/C18H20N2O3S2/c1-4-20-17-15(23-5-2)7-6-8-16(17)24-18(20)19-25(21,22)14-11-9-13(3)10-12-14/h6-12H,4-5H2,1-3H3. The number of aryl methyl sites for hydroxylation is 2. The molecule has 0 saturated heterocycles. The van der Waals surface area contributed by atoms with E-state index in [-0.39, 0.29) is 4.90 Å². The summed E-state index contributed by atoms with van der Waals surface area (Å²) in [5, 5.41) is 0. The van der Waals surface area contributed by atoms with Gasteiger partial charge < -0.3 is 9.30 Å². The highest BCUT2D eigenvalue weighted by atomic mass is 32.2. The third-order valence-electron chi connectivity index (χ3n) is 3.80. The second-order valence-corrected chi connectivity index (χ2v) is 8.16. The molecule has 0 fully saturated rings. The third-order valence-corrected chi connectivity index (χ3v) is 6.24. The predicted molar refractivity (Wildman–Crippen MR) is 101 cm³/mol. The van der Waals surface area contributed by atoms with Gasteiger partial charge >= 0.3 is 0 Å². The fraction of sp³-hybridized carbons (Fsp3) is 0.278. The molecule has 0 bridgehead atoms. The quantitative estimate of drug-likeness (QED) is 0.682. The van der Waals surface area contributed by atoms with Crippen molar-refractivity contribution in [2.24, 2.45) is 4.40 Å². The largest absolute Gasteiger partial charge is 0.492 e. The van der Waals surface area contributed by atoms with Crippen molar-refractivity contribution in [2.75, 3.05) is 6.61 Å². The van der Waals surface area contributed by atoms with Gasteiger partial charge in [-0.05, 0) is 45.0 Å². The minimum atomic E-state index is -3.76. The van der Waals surface area contributed by atoms with Crippen LogP contribution in [0.5, 0.6) is 5.75 Å². The van der Waals surface area contributed by atoms with Crippen molar-refractivity contribution >= 4 is 31.6 Å². The van der Waals surface area contributed by atoms with Crippen molar-refractivity contribution in [1.29, 1.82) is 0 Å². The molecule has 0 spiro atoms. The van der Waals surface area contributed by atoms with Gasteiger partial charge in [0.2, 0.25) is 4.80 Å². The van der Waals surface area contributed by atoms with Gasteiger partial charge in [0.25, 0.3) is 10.0 Å². The Balaban J connectivity index is 2.22. The highest BCUT2D eigenvalue weighted by molar-refractivity contribution is 7.90. The Kier molecular flexibility index (Phi) is 4.96. The predicted octanol–water partition coefficient (Wildman–Crippen LogP) is 3.72. The third kappa shape index (κ3) is 3.48. The fourth-order valence-corrected chi connectivity index (χ4v) is 4.91. The average molecular weight is 377 g/mol. The lowest BCUT2D eigenvalue weighted by molar-refractivity contribution is 0.342. The maximum Gasteiger partial charge on any atom is 0.285 e. The maximum atomic E-state index is 12.7. The van der Waals surface area contributed by atoms with E-state index in [1.165, 1.54) is 11.3 Å². The molecule has 1 aromatic heterocycles. The van der Waals surface area contributed by atoms with Crippen molar-refractivity contribution in [3.63, 3.8) is 0 Å². The van der Waals surface area contributed by atoms with Crippen molar-refractivity contribution in [3.8, 4) is 5.75 Å². The van der Waals surface area contributed by atoms with E-state index in [1.807, 2.05) is 43.5 Å². The minimum absolute atomic E-state index is 0.197. The molecule has 0 saturated carbocycles. The number of para-hydroxylation sites is 1. The van der Waals surface area contributed by atoms with E-state index in [4.69, 9.17) is 4.74 Å². The zero-order chi connectivity index (χ0) is 18.0. The number of fused-ring (bicyclic) bond motifs is 1. The Morgan fingerprint density at radius 2 is 1.84 bits per heavy atom. The number of rotatable bonds is 5. The van der Waals surface area contributed by atoms with Crippen LogP contribution >= 0.6 is 11.3 Å². The molecule has 0 aliphatic carbocycles. The molecule has 3 aromatic rings. The number of sulfonamides is 1. The van der Waals surface area contributed by atoms with Crippen LogP contribution in [0.4, 0.5) is 0 Å². The first-order valence-corrected chi connectivity index (χ1v) is 10.3. The van der Waals surface area contributed by atoms with Crippen LogP contribution in [0.3, 0.4) is 0 Å². The summed E-state index contributed by atoms with van der Waals surface area (Å²) in [6.07, 6.45) is 0. The Labute approximate surface area is 151 Å². The SMILES string of the molecule is CCOc1cccc2sc(=NS(=O)(=O)c3ccc(C)cc3)n(CC)c12. The number of aromatic nitrogens is 1. The topological polar surface area (TPSA) is 60.7 Å². The second-order valence-electron chi connectivity index (χ2n) is 5.54. The van der Waals surface area contributed by atoms with Gasteiger partial charge in [-0.15, -0.1) is 4.40 Å². The molecule has 0 radical (unpaired) electrons. The molecular formula is C18H20N2O3S2. The van der Waals surface area contributed by atoms with Crippen LogP contribution < -0.4 is 9.54 Å². The lowest BCUT2D eigenvalue weighted by Crippen LogP contribution is -2.16. The molecule has 0 amide bonds. The summed E-state index contributed by atoms with van der Waals surface area (Å²) < 4.78 is 38.0. The van der Waals surface area contributed by atoms with E-state index in [0.717, 1.165) is 21.5 Å². The van der Waals surface area contributed by atoms with Crippen molar-refractivity contribution in [1.82, 2.24) is 4.57 Å².